The highest BCUT2D eigenvalue weighted by molar-refractivity contribution is 6.10. The smallest absolute Gasteiger partial charge is 0.336 e. The number of carboxylic acids is 3. The number of allylic oxidation sites excluding steroid dienone is 1. The summed E-state index contributed by atoms with van der Waals surface area (Å²) in [6.45, 7) is -0.228. The van der Waals surface area contributed by atoms with E-state index in [1.165, 1.54) is 48.5 Å². The fraction of sp³-hybridized carbons (Fsp3) is 0.127. The van der Waals surface area contributed by atoms with Gasteiger partial charge in [-0.3, -0.25) is 19.3 Å². The molecule has 5 aromatic carbocycles. The third-order valence-corrected chi connectivity index (χ3v) is 12.5. The lowest BCUT2D eigenvalue weighted by atomic mass is 9.84. The van der Waals surface area contributed by atoms with Gasteiger partial charge >= 0.3 is 17.9 Å². The normalized spacial score (nSPS) is 13.8. The topological polar surface area (TPSA) is 236 Å². The molecule has 0 radical (unpaired) electrons. The number of benzene rings is 6. The second kappa shape index (κ2) is 18.7. The molecule has 0 aromatic heterocycles. The Kier molecular flexibility index (Phi) is 12.3. The number of amides is 2. The van der Waals surface area contributed by atoms with Crippen molar-refractivity contribution in [2.75, 3.05) is 33.1 Å². The van der Waals surface area contributed by atoms with Crippen LogP contribution in [0.15, 0.2) is 148 Å². The molecule has 0 spiro atoms. The standard InChI is InChI=1S/C55H44N4O12/c1-58(2)32-11-16-37-45(23-32)70-46-24-33(59(3)4)12-17-38(46)48(37)35-14-9-30(21-41(35)54(66)67)52(63)56-26-28-5-7-29(8-6-28)51(62)57-27-43-44(61)20-19-40-49(39-18-13-34(60)25-47(39)71-50(40)43)36-15-10-31(53(64)65)22-42(36)55(68)69/h5-25,32,61H,26-27H2,1-4H3,(H,56,63)(H,57,62)(H,64,65)(H,66,67)(H,68,69). The van der Waals surface area contributed by atoms with Crippen LogP contribution in [0.4, 0.5) is 5.69 Å². The molecule has 5 aromatic rings. The minimum Gasteiger partial charge on any atom is -0.507 e. The number of hydrogen-bond acceptors (Lipinski definition) is 11. The summed E-state index contributed by atoms with van der Waals surface area (Å²) in [6.07, 6.45) is 5.93. The van der Waals surface area contributed by atoms with Crippen molar-refractivity contribution in [2.24, 2.45) is 0 Å². The third-order valence-electron chi connectivity index (χ3n) is 12.5. The minimum absolute atomic E-state index is 0.0421. The number of rotatable bonds is 13. The molecule has 2 aliphatic heterocycles. The molecule has 2 amide bonds. The predicted molar refractivity (Wildman–Crippen MR) is 264 cm³/mol. The molecular formula is C55H44N4O12. The molecule has 9 rings (SSSR count). The maximum Gasteiger partial charge on any atom is 0.336 e. The van der Waals surface area contributed by atoms with E-state index in [0.29, 0.717) is 50.3 Å². The first-order valence-corrected chi connectivity index (χ1v) is 22.1. The van der Waals surface area contributed by atoms with Crippen LogP contribution >= 0.6 is 0 Å². The number of phenols is 1. The van der Waals surface area contributed by atoms with E-state index in [-0.39, 0.29) is 75.2 Å². The molecule has 6 N–H and O–H groups in total. The molecule has 2 aliphatic carbocycles. The number of carboxylic acid groups (broad SMARTS) is 3. The first kappa shape index (κ1) is 46.8. The quantitative estimate of drug-likeness (QED) is 0.0604. The predicted octanol–water partition coefficient (Wildman–Crippen LogP) is 7.87. The van der Waals surface area contributed by atoms with E-state index in [9.17, 15) is 49.2 Å². The molecule has 16 heteroatoms. The summed E-state index contributed by atoms with van der Waals surface area (Å²) in [4.78, 5) is 80.7. The molecule has 1 unspecified atom stereocenters. The zero-order valence-corrected chi connectivity index (χ0v) is 38.6. The van der Waals surface area contributed by atoms with Crippen LogP contribution in [0.25, 0.3) is 39.0 Å². The van der Waals surface area contributed by atoms with E-state index >= 15 is 0 Å². The maximum atomic E-state index is 13.6. The number of carbonyl (C=O) groups is 5. The van der Waals surface area contributed by atoms with Crippen LogP contribution in [-0.2, 0) is 13.1 Å². The third kappa shape index (κ3) is 8.98. The molecular weight excluding hydrogens is 909 g/mol. The molecule has 16 nitrogen and oxygen atoms in total. The van der Waals surface area contributed by atoms with Gasteiger partial charge in [-0.2, -0.15) is 0 Å². The second-order valence-electron chi connectivity index (χ2n) is 17.4. The highest BCUT2D eigenvalue weighted by Crippen LogP contribution is 2.46. The van der Waals surface area contributed by atoms with Crippen molar-refractivity contribution in [1.29, 1.82) is 0 Å². The van der Waals surface area contributed by atoms with Gasteiger partial charge in [-0.05, 0) is 110 Å². The molecule has 2 heterocycles. The summed E-state index contributed by atoms with van der Waals surface area (Å²) in [7, 11) is 7.75. The van der Waals surface area contributed by atoms with Crippen LogP contribution in [0, 0.1) is 0 Å². The fourth-order valence-corrected chi connectivity index (χ4v) is 8.75. The van der Waals surface area contributed by atoms with Gasteiger partial charge in [-0.1, -0.05) is 36.4 Å². The fourth-order valence-electron chi connectivity index (χ4n) is 8.75. The van der Waals surface area contributed by atoms with Gasteiger partial charge in [0.25, 0.3) is 11.8 Å². The highest BCUT2D eigenvalue weighted by Gasteiger charge is 2.31. The zero-order chi connectivity index (χ0) is 50.4. The number of anilines is 1. The molecule has 0 fully saturated rings. The van der Waals surface area contributed by atoms with E-state index in [1.807, 2.05) is 74.4 Å². The Balaban J connectivity index is 0.935. The second-order valence-corrected chi connectivity index (χ2v) is 17.4. The van der Waals surface area contributed by atoms with Crippen LogP contribution in [0.2, 0.25) is 0 Å². The van der Waals surface area contributed by atoms with Crippen LogP contribution in [-0.4, -0.2) is 89.3 Å². The SMILES string of the molecule is CN(C)c1ccc2c(c1)OC1=CC(N(C)C)C=CC1=C2c1ccc(C(=O)NCc2ccc(C(=O)NCc3c(O)ccc4c(-c5ccc(C(=O)O)cc5C(=O)O)c5ccc(=O)cc-5oc34)cc2)cc1C(=O)O. The van der Waals surface area contributed by atoms with Crippen molar-refractivity contribution in [1.82, 2.24) is 15.5 Å². The van der Waals surface area contributed by atoms with Crippen LogP contribution in [0.1, 0.15) is 74.0 Å². The van der Waals surface area contributed by atoms with Crippen LogP contribution in [0.5, 0.6) is 11.5 Å². The first-order chi connectivity index (χ1) is 34.0. The average Bonchev–Trinajstić information content (AvgIpc) is 3.35. The number of aromatic hydroxyl groups is 1. The van der Waals surface area contributed by atoms with Gasteiger partial charge in [0, 0.05) is 88.9 Å². The Hall–Kier alpha value is -9.28. The monoisotopic (exact) mass is 952 g/mol. The lowest BCUT2D eigenvalue weighted by Gasteiger charge is -2.31. The van der Waals surface area contributed by atoms with Crippen molar-refractivity contribution in [3.63, 3.8) is 0 Å². The summed E-state index contributed by atoms with van der Waals surface area (Å²) in [5.41, 5.74) is 4.29. The van der Waals surface area contributed by atoms with Crippen molar-refractivity contribution in [2.45, 2.75) is 19.1 Å². The van der Waals surface area contributed by atoms with E-state index in [2.05, 4.69) is 10.6 Å². The summed E-state index contributed by atoms with van der Waals surface area (Å²) in [5, 5.41) is 47.2. The number of likely N-dealkylation sites (N-methyl/N-ethyl adjacent to an activating group) is 1. The van der Waals surface area contributed by atoms with Crippen molar-refractivity contribution in [3.8, 4) is 33.9 Å². The summed E-state index contributed by atoms with van der Waals surface area (Å²) in [5.74, 6) is -4.03. The van der Waals surface area contributed by atoms with Crippen molar-refractivity contribution in [3.05, 3.63) is 199 Å². The highest BCUT2D eigenvalue weighted by atomic mass is 16.5. The average molecular weight is 953 g/mol. The number of hydrogen-bond donors (Lipinski definition) is 6. The Bertz CT molecular complexity index is 3530. The molecule has 0 saturated carbocycles. The van der Waals surface area contributed by atoms with Gasteiger partial charge in [-0.25, -0.2) is 14.4 Å². The minimum atomic E-state index is -1.40. The number of ether oxygens (including phenoxy) is 1. The summed E-state index contributed by atoms with van der Waals surface area (Å²) < 4.78 is 12.6. The van der Waals surface area contributed by atoms with Gasteiger partial charge < -0.3 is 45.1 Å². The number of nitrogens with zero attached hydrogens (tertiary/aromatic N) is 2. The Labute approximate surface area is 405 Å². The van der Waals surface area contributed by atoms with Gasteiger partial charge in [0.05, 0.1) is 28.8 Å². The number of aromatic carboxylic acids is 3. The number of carbonyl (C=O) groups excluding carboxylic acids is 2. The van der Waals surface area contributed by atoms with E-state index < -0.39 is 35.2 Å². The lowest BCUT2D eigenvalue weighted by Crippen LogP contribution is -2.27. The lowest BCUT2D eigenvalue weighted by molar-refractivity contribution is 0.0682. The van der Waals surface area contributed by atoms with Crippen molar-refractivity contribution < 1.29 is 53.6 Å². The van der Waals surface area contributed by atoms with Gasteiger partial charge in [0.1, 0.15) is 28.6 Å². The van der Waals surface area contributed by atoms with Crippen molar-refractivity contribution >= 4 is 52.0 Å². The Morgan fingerprint density at radius 3 is 1.99 bits per heavy atom. The largest absolute Gasteiger partial charge is 0.507 e. The molecule has 4 aliphatic rings. The van der Waals surface area contributed by atoms with Gasteiger partial charge in [-0.15, -0.1) is 0 Å². The van der Waals surface area contributed by atoms with Crippen LogP contribution < -0.4 is 25.7 Å². The zero-order valence-electron chi connectivity index (χ0n) is 38.6. The number of fused-ring (bicyclic) bond motifs is 4. The number of phenolic OH excluding ortho intramolecular Hbond substituents is 1. The summed E-state index contributed by atoms with van der Waals surface area (Å²) in [6, 6.07) is 27.1. The van der Waals surface area contributed by atoms with E-state index in [4.69, 9.17) is 9.15 Å². The molecule has 0 bridgehead atoms. The Morgan fingerprint density at radius 1 is 0.648 bits per heavy atom. The molecule has 71 heavy (non-hydrogen) atoms. The summed E-state index contributed by atoms with van der Waals surface area (Å²) >= 11 is 0. The van der Waals surface area contributed by atoms with Crippen LogP contribution in [0.3, 0.4) is 0 Å². The molecule has 1 atom stereocenters. The molecule has 356 valence electrons. The first-order valence-electron chi connectivity index (χ1n) is 22.1. The van der Waals surface area contributed by atoms with Gasteiger partial charge in [0.2, 0.25) is 0 Å². The van der Waals surface area contributed by atoms with E-state index in [0.717, 1.165) is 17.3 Å². The number of nitrogens with one attached hydrogen (secondary N) is 2. The molecule has 0 saturated heterocycles. The Morgan fingerprint density at radius 2 is 1.28 bits per heavy atom. The van der Waals surface area contributed by atoms with E-state index in [1.54, 1.807) is 36.4 Å². The van der Waals surface area contributed by atoms with Gasteiger partial charge in [0.15, 0.2) is 5.43 Å². The maximum absolute atomic E-state index is 13.6.